The van der Waals surface area contributed by atoms with E-state index in [1.54, 1.807) is 6.07 Å². The van der Waals surface area contributed by atoms with Crippen LogP contribution in [-0.2, 0) is 14.8 Å². The summed E-state index contributed by atoms with van der Waals surface area (Å²) in [6, 6.07) is 12.6. The minimum Gasteiger partial charge on any atom is -0.325 e. The molecule has 0 atom stereocenters. The third kappa shape index (κ3) is 3.97. The summed E-state index contributed by atoms with van der Waals surface area (Å²) >= 11 is 3.38. The Bertz CT molecular complexity index is 912. The smallest absolute Gasteiger partial charge is 0.245 e. The van der Waals surface area contributed by atoms with Crippen molar-refractivity contribution < 1.29 is 17.6 Å². The largest absolute Gasteiger partial charge is 0.325 e. The Labute approximate surface area is 160 Å². The molecule has 26 heavy (non-hydrogen) atoms. The molecule has 1 amide bonds. The monoisotopic (exact) mass is 440 g/mol. The number of benzene rings is 2. The molecule has 138 valence electrons. The summed E-state index contributed by atoms with van der Waals surface area (Å²) in [5.74, 6) is -1.18. The first-order valence-corrected chi connectivity index (χ1v) is 10.4. The molecule has 1 saturated heterocycles. The van der Waals surface area contributed by atoms with Crippen LogP contribution < -0.4 is 5.32 Å². The zero-order chi connectivity index (χ0) is 18.7. The maximum Gasteiger partial charge on any atom is 0.245 e. The van der Waals surface area contributed by atoms with Crippen molar-refractivity contribution >= 4 is 37.5 Å². The fourth-order valence-electron chi connectivity index (χ4n) is 2.95. The molecular formula is C18H18BrFN2O3S. The first kappa shape index (κ1) is 19.0. The van der Waals surface area contributed by atoms with Gasteiger partial charge in [0.15, 0.2) is 0 Å². The van der Waals surface area contributed by atoms with Crippen molar-refractivity contribution in [2.24, 2.45) is 5.92 Å². The number of nitrogens with zero attached hydrogens (tertiary/aromatic N) is 1. The summed E-state index contributed by atoms with van der Waals surface area (Å²) in [7, 11) is -3.89. The Morgan fingerprint density at radius 2 is 1.69 bits per heavy atom. The highest BCUT2D eigenvalue weighted by molar-refractivity contribution is 9.10. The molecule has 0 spiro atoms. The summed E-state index contributed by atoms with van der Waals surface area (Å²) in [5.41, 5.74) is 0.680. The molecular weight excluding hydrogens is 423 g/mol. The van der Waals surface area contributed by atoms with E-state index in [4.69, 9.17) is 0 Å². The van der Waals surface area contributed by atoms with Gasteiger partial charge < -0.3 is 5.32 Å². The lowest BCUT2D eigenvalue weighted by atomic mass is 9.97. The molecule has 1 aliphatic heterocycles. The molecule has 0 aromatic heterocycles. The first-order valence-electron chi connectivity index (χ1n) is 8.19. The zero-order valence-electron chi connectivity index (χ0n) is 13.9. The Balaban J connectivity index is 1.65. The van der Waals surface area contributed by atoms with Crippen LogP contribution in [0.4, 0.5) is 10.1 Å². The standard InChI is InChI=1S/C18H18BrFN2O3S/c19-14-5-1-3-7-16(14)21-18(23)13-9-11-22(12-10-13)26(24,25)17-8-4-2-6-15(17)20/h1-8,13H,9-12H2,(H,21,23). The second-order valence-corrected chi connectivity index (χ2v) is 8.84. The number of nitrogens with one attached hydrogen (secondary N) is 1. The molecule has 0 unspecified atom stereocenters. The van der Waals surface area contributed by atoms with Gasteiger partial charge in [0, 0.05) is 23.5 Å². The first-order chi connectivity index (χ1) is 12.4. The van der Waals surface area contributed by atoms with Crippen LogP contribution in [0.2, 0.25) is 0 Å². The molecule has 2 aromatic carbocycles. The summed E-state index contributed by atoms with van der Waals surface area (Å²) in [5, 5.41) is 2.86. The summed E-state index contributed by atoms with van der Waals surface area (Å²) < 4.78 is 41.1. The highest BCUT2D eigenvalue weighted by Gasteiger charge is 2.33. The lowest BCUT2D eigenvalue weighted by Gasteiger charge is -2.30. The molecule has 3 rings (SSSR count). The Morgan fingerprint density at radius 3 is 2.35 bits per heavy atom. The van der Waals surface area contributed by atoms with E-state index in [1.807, 2.05) is 18.2 Å². The van der Waals surface area contributed by atoms with Crippen molar-refractivity contribution in [3.05, 3.63) is 58.8 Å². The lowest BCUT2D eigenvalue weighted by molar-refractivity contribution is -0.120. The number of rotatable bonds is 4. The van der Waals surface area contributed by atoms with Crippen molar-refractivity contribution in [2.45, 2.75) is 17.7 Å². The second-order valence-electron chi connectivity index (χ2n) is 6.08. The van der Waals surface area contributed by atoms with Crippen molar-refractivity contribution in [1.82, 2.24) is 4.31 Å². The van der Waals surface area contributed by atoms with Crippen LogP contribution in [0.3, 0.4) is 0 Å². The van der Waals surface area contributed by atoms with Gasteiger partial charge in [0.25, 0.3) is 0 Å². The average molecular weight is 441 g/mol. The fraction of sp³-hybridized carbons (Fsp3) is 0.278. The molecule has 0 aliphatic carbocycles. The number of anilines is 1. The van der Waals surface area contributed by atoms with Crippen molar-refractivity contribution in [1.29, 1.82) is 0 Å². The number of piperidine rings is 1. The van der Waals surface area contributed by atoms with E-state index in [2.05, 4.69) is 21.2 Å². The molecule has 2 aromatic rings. The van der Waals surface area contributed by atoms with Crippen LogP contribution in [0.1, 0.15) is 12.8 Å². The van der Waals surface area contributed by atoms with Crippen LogP contribution >= 0.6 is 15.9 Å². The molecule has 1 aliphatic rings. The predicted molar refractivity (Wildman–Crippen MR) is 101 cm³/mol. The maximum atomic E-state index is 13.9. The molecule has 1 fully saturated rings. The van der Waals surface area contributed by atoms with E-state index < -0.39 is 15.8 Å². The van der Waals surface area contributed by atoms with Crippen molar-refractivity contribution in [3.8, 4) is 0 Å². The fourth-order valence-corrected chi connectivity index (χ4v) is 4.87. The minimum atomic E-state index is -3.89. The second kappa shape index (κ2) is 7.85. The molecule has 0 bridgehead atoms. The molecule has 0 radical (unpaired) electrons. The van der Waals surface area contributed by atoms with Crippen LogP contribution in [-0.4, -0.2) is 31.7 Å². The average Bonchev–Trinajstić information content (AvgIpc) is 2.64. The quantitative estimate of drug-likeness (QED) is 0.788. The van der Waals surface area contributed by atoms with Crippen LogP contribution in [0, 0.1) is 11.7 Å². The van der Waals surface area contributed by atoms with E-state index in [1.165, 1.54) is 22.5 Å². The number of halogens is 2. The van der Waals surface area contributed by atoms with E-state index in [0.29, 0.717) is 18.5 Å². The van der Waals surface area contributed by atoms with Crippen LogP contribution in [0.25, 0.3) is 0 Å². The summed E-state index contributed by atoms with van der Waals surface area (Å²) in [6.45, 7) is 0.370. The SMILES string of the molecule is O=C(Nc1ccccc1Br)C1CCN(S(=O)(=O)c2ccccc2F)CC1. The Hall–Kier alpha value is -1.77. The van der Waals surface area contributed by atoms with Gasteiger partial charge in [-0.15, -0.1) is 0 Å². The van der Waals surface area contributed by atoms with Gasteiger partial charge in [-0.1, -0.05) is 24.3 Å². The summed E-state index contributed by atoms with van der Waals surface area (Å²) in [4.78, 5) is 12.1. The number of carbonyl (C=O) groups excluding carboxylic acids is 1. The predicted octanol–water partition coefficient (Wildman–Crippen LogP) is 3.63. The number of para-hydroxylation sites is 1. The molecule has 5 nitrogen and oxygen atoms in total. The van der Waals surface area contributed by atoms with E-state index >= 15 is 0 Å². The van der Waals surface area contributed by atoms with Gasteiger partial charge in [-0.3, -0.25) is 4.79 Å². The molecule has 8 heteroatoms. The number of sulfonamides is 1. The van der Waals surface area contributed by atoms with Gasteiger partial charge in [0.05, 0.1) is 5.69 Å². The lowest BCUT2D eigenvalue weighted by Crippen LogP contribution is -2.41. The zero-order valence-corrected chi connectivity index (χ0v) is 16.3. The van der Waals surface area contributed by atoms with Gasteiger partial charge in [-0.05, 0) is 53.0 Å². The van der Waals surface area contributed by atoms with Gasteiger partial charge >= 0.3 is 0 Å². The number of amides is 1. The van der Waals surface area contributed by atoms with Crippen molar-refractivity contribution in [2.75, 3.05) is 18.4 Å². The summed E-state index contributed by atoms with van der Waals surface area (Å²) in [6.07, 6.45) is 0.786. The van der Waals surface area contributed by atoms with Gasteiger partial charge in [0.1, 0.15) is 10.7 Å². The normalized spacial score (nSPS) is 16.4. The minimum absolute atomic E-state index is 0.139. The Kier molecular flexibility index (Phi) is 5.74. The maximum absolute atomic E-state index is 13.9. The van der Waals surface area contributed by atoms with Gasteiger partial charge in [-0.2, -0.15) is 4.31 Å². The highest BCUT2D eigenvalue weighted by atomic mass is 79.9. The van der Waals surface area contributed by atoms with E-state index in [0.717, 1.165) is 10.5 Å². The van der Waals surface area contributed by atoms with Crippen molar-refractivity contribution in [3.63, 3.8) is 0 Å². The van der Waals surface area contributed by atoms with E-state index in [-0.39, 0.29) is 29.8 Å². The third-order valence-electron chi connectivity index (χ3n) is 4.41. The molecule has 0 saturated carbocycles. The third-order valence-corrected chi connectivity index (χ3v) is 7.03. The van der Waals surface area contributed by atoms with Crippen LogP contribution in [0.5, 0.6) is 0 Å². The molecule has 1 heterocycles. The molecule has 1 N–H and O–H groups in total. The van der Waals surface area contributed by atoms with E-state index in [9.17, 15) is 17.6 Å². The number of hydrogen-bond acceptors (Lipinski definition) is 3. The van der Waals surface area contributed by atoms with Gasteiger partial charge in [0.2, 0.25) is 15.9 Å². The van der Waals surface area contributed by atoms with Crippen LogP contribution in [0.15, 0.2) is 57.9 Å². The number of hydrogen-bond donors (Lipinski definition) is 1. The highest BCUT2D eigenvalue weighted by Crippen LogP contribution is 2.27. The van der Waals surface area contributed by atoms with Gasteiger partial charge in [-0.25, -0.2) is 12.8 Å². The topological polar surface area (TPSA) is 66.5 Å². The number of carbonyl (C=O) groups is 1. The Morgan fingerprint density at radius 1 is 1.08 bits per heavy atom.